The third-order valence-corrected chi connectivity index (χ3v) is 8.19. The van der Waals surface area contributed by atoms with Gasteiger partial charge in [-0.25, -0.2) is 14.2 Å². The Morgan fingerprint density at radius 1 is 0.979 bits per heavy atom. The van der Waals surface area contributed by atoms with Gasteiger partial charge < -0.3 is 19.5 Å². The molecule has 0 bridgehead atoms. The van der Waals surface area contributed by atoms with Crippen molar-refractivity contribution in [3.63, 3.8) is 0 Å². The summed E-state index contributed by atoms with van der Waals surface area (Å²) < 4.78 is 62.1. The molecule has 0 aliphatic carbocycles. The van der Waals surface area contributed by atoms with E-state index in [2.05, 4.69) is 22.1 Å². The average molecular weight is 661 g/mol. The van der Waals surface area contributed by atoms with E-state index in [9.17, 15) is 22.4 Å². The molecule has 1 aromatic heterocycles. The van der Waals surface area contributed by atoms with E-state index in [1.54, 1.807) is 50.2 Å². The first kappa shape index (κ1) is 32.1. The molecular formula is C36H29ClF4N4O2. The molecule has 4 aromatic carbocycles. The van der Waals surface area contributed by atoms with Gasteiger partial charge in [0.2, 0.25) is 5.95 Å². The summed E-state index contributed by atoms with van der Waals surface area (Å²) in [6.45, 7) is 6.27. The maximum absolute atomic E-state index is 14.6. The lowest BCUT2D eigenvalue weighted by Gasteiger charge is -2.29. The molecule has 6 rings (SSSR count). The molecule has 5 aromatic rings. The summed E-state index contributed by atoms with van der Waals surface area (Å²) in [5.74, 6) is 3.59. The Hall–Kier alpha value is -4.85. The smallest absolute Gasteiger partial charge is 0.418 e. The van der Waals surface area contributed by atoms with Crippen molar-refractivity contribution < 1.29 is 27.1 Å². The van der Waals surface area contributed by atoms with E-state index in [1.165, 1.54) is 6.07 Å². The standard InChI is InChI=1S/C36H29ClF4N4O2/c1-22-18-25(19-23(2)31(22)38)21-45-29-20-28(37)33(47-34(46)36(39,40)41)30(32(29)43-35(45)44-16-14-42-15-17-44)27-11-7-6-10-26(27)13-12-24-8-4-3-5-9-24/h3-11,18-20,42H,14-17,21H2,1-2H3. The van der Waals surface area contributed by atoms with Crippen LogP contribution in [0.5, 0.6) is 5.75 Å². The molecule has 1 aliphatic heterocycles. The van der Waals surface area contributed by atoms with Crippen LogP contribution in [0.15, 0.2) is 72.8 Å². The number of fused-ring (bicyclic) bond motifs is 1. The average Bonchev–Trinajstić information content (AvgIpc) is 3.40. The lowest BCUT2D eigenvalue weighted by atomic mass is 9.97. The molecule has 6 nitrogen and oxygen atoms in total. The van der Waals surface area contributed by atoms with E-state index in [1.807, 2.05) is 34.9 Å². The predicted molar refractivity (Wildman–Crippen MR) is 174 cm³/mol. The lowest BCUT2D eigenvalue weighted by molar-refractivity contribution is -0.189. The van der Waals surface area contributed by atoms with Gasteiger partial charge in [0, 0.05) is 42.9 Å². The number of carbonyl (C=O) groups is 1. The van der Waals surface area contributed by atoms with Crippen LogP contribution in [0.3, 0.4) is 0 Å². The van der Waals surface area contributed by atoms with Crippen LogP contribution in [-0.4, -0.2) is 47.9 Å². The predicted octanol–water partition coefficient (Wildman–Crippen LogP) is 7.44. The van der Waals surface area contributed by atoms with E-state index < -0.39 is 17.9 Å². The maximum atomic E-state index is 14.6. The maximum Gasteiger partial charge on any atom is 0.491 e. The first-order valence-corrected chi connectivity index (χ1v) is 15.3. The number of rotatable bonds is 5. The molecule has 1 fully saturated rings. The number of nitrogens with zero attached hydrogens (tertiary/aromatic N) is 3. The van der Waals surface area contributed by atoms with Gasteiger partial charge in [-0.2, -0.15) is 13.2 Å². The molecule has 1 aliphatic rings. The van der Waals surface area contributed by atoms with Crippen molar-refractivity contribution in [3.05, 3.63) is 111 Å². The van der Waals surface area contributed by atoms with Crippen molar-refractivity contribution in [2.24, 2.45) is 0 Å². The second-order valence-electron chi connectivity index (χ2n) is 11.3. The number of alkyl halides is 3. The van der Waals surface area contributed by atoms with Crippen molar-refractivity contribution in [1.82, 2.24) is 14.9 Å². The minimum absolute atomic E-state index is 0.102. The molecule has 0 radical (unpaired) electrons. The highest BCUT2D eigenvalue weighted by atomic mass is 35.5. The molecule has 240 valence electrons. The number of hydrogen-bond donors (Lipinski definition) is 1. The molecule has 0 amide bonds. The summed E-state index contributed by atoms with van der Waals surface area (Å²) in [5.41, 5.74) is 4.23. The van der Waals surface area contributed by atoms with Crippen molar-refractivity contribution in [2.45, 2.75) is 26.6 Å². The van der Waals surface area contributed by atoms with Gasteiger partial charge in [-0.3, -0.25) is 0 Å². The second-order valence-corrected chi connectivity index (χ2v) is 11.7. The Balaban J connectivity index is 1.63. The highest BCUT2D eigenvalue weighted by Gasteiger charge is 2.42. The second kappa shape index (κ2) is 13.1. The summed E-state index contributed by atoms with van der Waals surface area (Å²) in [6, 6.07) is 21.1. The first-order valence-electron chi connectivity index (χ1n) is 14.9. The largest absolute Gasteiger partial charge is 0.491 e. The van der Waals surface area contributed by atoms with Crippen LogP contribution < -0.4 is 15.0 Å². The van der Waals surface area contributed by atoms with Crippen molar-refractivity contribution in [1.29, 1.82) is 0 Å². The monoisotopic (exact) mass is 660 g/mol. The number of hydrogen-bond acceptors (Lipinski definition) is 5. The summed E-state index contributed by atoms with van der Waals surface area (Å²) in [7, 11) is 0. The molecule has 0 saturated carbocycles. The number of imidazole rings is 1. The van der Waals surface area contributed by atoms with Crippen LogP contribution in [-0.2, 0) is 11.3 Å². The van der Waals surface area contributed by atoms with Crippen LogP contribution in [0, 0.1) is 31.5 Å². The molecule has 0 unspecified atom stereocenters. The number of ether oxygens (including phenoxy) is 1. The van der Waals surface area contributed by atoms with Crippen molar-refractivity contribution in [2.75, 3.05) is 31.1 Å². The summed E-state index contributed by atoms with van der Waals surface area (Å²) in [6.07, 6.45) is -5.27. The van der Waals surface area contributed by atoms with Crippen molar-refractivity contribution in [3.8, 4) is 28.7 Å². The van der Waals surface area contributed by atoms with Crippen LogP contribution in [0.4, 0.5) is 23.5 Å². The van der Waals surface area contributed by atoms with Gasteiger partial charge >= 0.3 is 12.1 Å². The number of piperazine rings is 1. The fourth-order valence-corrected chi connectivity index (χ4v) is 5.98. The third-order valence-electron chi connectivity index (χ3n) is 7.91. The molecule has 0 atom stereocenters. The van der Waals surface area contributed by atoms with Gasteiger partial charge in [0.15, 0.2) is 5.75 Å². The number of nitrogens with one attached hydrogen (secondary N) is 1. The fraction of sp³-hybridized carbons (Fsp3) is 0.222. The van der Waals surface area contributed by atoms with Gasteiger partial charge in [-0.05, 0) is 54.8 Å². The summed E-state index contributed by atoms with van der Waals surface area (Å²) >= 11 is 6.72. The summed E-state index contributed by atoms with van der Waals surface area (Å²) in [4.78, 5) is 19.3. The van der Waals surface area contributed by atoms with E-state index in [0.29, 0.717) is 59.9 Å². The highest BCUT2D eigenvalue weighted by Crippen LogP contribution is 2.45. The fourth-order valence-electron chi connectivity index (χ4n) is 5.74. The zero-order valence-corrected chi connectivity index (χ0v) is 26.3. The van der Waals surface area contributed by atoms with Gasteiger partial charge in [0.25, 0.3) is 0 Å². The molecule has 1 saturated heterocycles. The quantitative estimate of drug-likeness (QED) is 0.0920. The molecule has 2 heterocycles. The Kier molecular flexibility index (Phi) is 8.95. The summed E-state index contributed by atoms with van der Waals surface area (Å²) in [5, 5.41) is 3.10. The number of benzene rings is 4. The Bertz CT molecular complexity index is 2020. The molecule has 47 heavy (non-hydrogen) atoms. The van der Waals surface area contributed by atoms with Gasteiger partial charge in [-0.1, -0.05) is 72.0 Å². The minimum Gasteiger partial charge on any atom is -0.418 e. The van der Waals surface area contributed by atoms with Crippen LogP contribution in [0.2, 0.25) is 5.02 Å². The number of anilines is 1. The Morgan fingerprint density at radius 3 is 2.32 bits per heavy atom. The van der Waals surface area contributed by atoms with Gasteiger partial charge in [-0.15, -0.1) is 0 Å². The minimum atomic E-state index is -5.27. The van der Waals surface area contributed by atoms with Crippen LogP contribution in [0.25, 0.3) is 22.2 Å². The number of esters is 1. The van der Waals surface area contributed by atoms with Gasteiger partial charge in [0.05, 0.1) is 22.6 Å². The van der Waals surface area contributed by atoms with Crippen LogP contribution >= 0.6 is 11.6 Å². The number of halogens is 5. The van der Waals surface area contributed by atoms with E-state index >= 15 is 0 Å². The molecule has 1 N–H and O–H groups in total. The zero-order valence-electron chi connectivity index (χ0n) is 25.5. The van der Waals surface area contributed by atoms with E-state index in [4.69, 9.17) is 21.3 Å². The molecule has 11 heteroatoms. The zero-order chi connectivity index (χ0) is 33.3. The van der Waals surface area contributed by atoms with Gasteiger partial charge in [0.1, 0.15) is 11.3 Å². The van der Waals surface area contributed by atoms with Crippen LogP contribution in [0.1, 0.15) is 27.8 Å². The normalized spacial score (nSPS) is 13.4. The Morgan fingerprint density at radius 2 is 1.64 bits per heavy atom. The SMILES string of the molecule is Cc1cc(Cn2c(N3CCNCC3)nc3c(-c4ccccc4C#Cc4ccccc4)c(OC(=O)C(F)(F)F)c(Cl)cc32)cc(C)c1F. The number of carbonyl (C=O) groups excluding carboxylic acids is 1. The van der Waals surface area contributed by atoms with Crippen molar-refractivity contribution >= 4 is 34.6 Å². The van der Waals surface area contributed by atoms with E-state index in [-0.39, 0.29) is 28.5 Å². The topological polar surface area (TPSA) is 59.4 Å². The molecular weight excluding hydrogens is 632 g/mol. The Labute approximate surface area is 273 Å². The number of aromatic nitrogens is 2. The third kappa shape index (κ3) is 6.68. The lowest BCUT2D eigenvalue weighted by Crippen LogP contribution is -2.44. The number of aryl methyl sites for hydroxylation is 2. The molecule has 0 spiro atoms. The van der Waals surface area contributed by atoms with E-state index in [0.717, 1.165) is 11.1 Å². The first-order chi connectivity index (χ1) is 22.5. The highest BCUT2D eigenvalue weighted by molar-refractivity contribution is 6.34.